The molecule has 0 heteroatoms. The molecule has 0 aromatic carbocycles. The predicted molar refractivity (Wildman–Crippen MR) is 94.7 cm³/mol. The van der Waals surface area contributed by atoms with Crippen LogP contribution in [0.4, 0.5) is 0 Å². The fraction of sp³-hybridized carbons (Fsp3) is 1.00. The van der Waals surface area contributed by atoms with Gasteiger partial charge in [0.1, 0.15) is 0 Å². The molecular formula is C22H38. The van der Waals surface area contributed by atoms with Crippen LogP contribution in [0.1, 0.15) is 96.8 Å². The molecule has 126 valence electrons. The van der Waals surface area contributed by atoms with Gasteiger partial charge in [-0.3, -0.25) is 0 Å². The van der Waals surface area contributed by atoms with Gasteiger partial charge < -0.3 is 0 Å². The molecule has 0 radical (unpaired) electrons. The number of unbranched alkanes of at least 4 members (excludes halogenated alkanes) is 7. The fourth-order valence-electron chi connectivity index (χ4n) is 7.57. The molecule has 22 heavy (non-hydrogen) atoms. The van der Waals surface area contributed by atoms with Gasteiger partial charge in [0.25, 0.3) is 0 Å². The molecule has 0 saturated heterocycles. The van der Waals surface area contributed by atoms with Gasteiger partial charge in [0.2, 0.25) is 0 Å². The van der Waals surface area contributed by atoms with Crippen LogP contribution in [0.15, 0.2) is 0 Å². The lowest BCUT2D eigenvalue weighted by Gasteiger charge is -2.38. The van der Waals surface area contributed by atoms with E-state index in [1.54, 1.807) is 44.9 Å². The Balaban J connectivity index is 1.14. The van der Waals surface area contributed by atoms with E-state index in [0.29, 0.717) is 0 Å². The first-order valence-corrected chi connectivity index (χ1v) is 10.9. The van der Waals surface area contributed by atoms with E-state index < -0.39 is 0 Å². The zero-order valence-electron chi connectivity index (χ0n) is 14.9. The normalized spacial score (nSPS) is 44.9. The molecule has 0 spiro atoms. The van der Waals surface area contributed by atoms with Crippen LogP contribution in [0.3, 0.4) is 0 Å². The Hall–Kier alpha value is 0. The third kappa shape index (κ3) is 2.78. The molecule has 4 fully saturated rings. The highest BCUT2D eigenvalue weighted by Crippen LogP contribution is 2.69. The molecule has 4 saturated carbocycles. The summed E-state index contributed by atoms with van der Waals surface area (Å²) in [5.74, 6) is 8.35. The Labute approximate surface area is 138 Å². The molecule has 0 heterocycles. The number of rotatable bonds is 9. The lowest BCUT2D eigenvalue weighted by atomic mass is 9.66. The molecule has 0 aliphatic heterocycles. The maximum Gasteiger partial charge on any atom is -0.0321 e. The van der Waals surface area contributed by atoms with Crippen molar-refractivity contribution in [2.45, 2.75) is 96.8 Å². The average Bonchev–Trinajstić information content (AvgIpc) is 3.28. The number of hydrogen-bond donors (Lipinski definition) is 0. The molecule has 0 aromatic heterocycles. The van der Waals surface area contributed by atoms with E-state index in [-0.39, 0.29) is 0 Å². The van der Waals surface area contributed by atoms with Gasteiger partial charge in [-0.1, -0.05) is 64.7 Å². The van der Waals surface area contributed by atoms with Gasteiger partial charge in [-0.15, -0.1) is 0 Å². The summed E-state index contributed by atoms with van der Waals surface area (Å²) in [5, 5.41) is 0. The van der Waals surface area contributed by atoms with Gasteiger partial charge in [-0.25, -0.2) is 0 Å². The zero-order chi connectivity index (χ0) is 14.9. The van der Waals surface area contributed by atoms with Crippen LogP contribution in [0.5, 0.6) is 0 Å². The maximum absolute atomic E-state index is 2.32. The van der Waals surface area contributed by atoms with E-state index in [1.165, 1.54) is 80.5 Å². The van der Waals surface area contributed by atoms with E-state index in [9.17, 15) is 0 Å². The van der Waals surface area contributed by atoms with Crippen LogP contribution in [0.2, 0.25) is 0 Å². The van der Waals surface area contributed by atoms with E-state index in [4.69, 9.17) is 0 Å². The minimum absolute atomic E-state index is 1.16. The topological polar surface area (TPSA) is 0 Å². The molecular weight excluding hydrogens is 264 g/mol. The first-order valence-electron chi connectivity index (χ1n) is 10.9. The van der Waals surface area contributed by atoms with Gasteiger partial charge in [0.05, 0.1) is 0 Å². The first kappa shape index (κ1) is 15.5. The Morgan fingerprint density at radius 2 is 1.32 bits per heavy atom. The van der Waals surface area contributed by atoms with Crippen molar-refractivity contribution in [2.24, 2.45) is 41.4 Å². The van der Waals surface area contributed by atoms with Crippen LogP contribution < -0.4 is 0 Å². The van der Waals surface area contributed by atoms with Crippen molar-refractivity contribution in [3.05, 3.63) is 0 Å². The van der Waals surface area contributed by atoms with E-state index in [2.05, 4.69) is 6.92 Å². The molecule has 4 aliphatic carbocycles. The Morgan fingerprint density at radius 1 is 0.636 bits per heavy atom. The molecule has 0 amide bonds. The highest BCUT2D eigenvalue weighted by molar-refractivity contribution is 5.10. The molecule has 4 bridgehead atoms. The molecule has 7 unspecified atom stereocenters. The standard InChI is InChI=1S/C22H38/c1-2-3-4-5-6-7-8-9-10-16-13-19-15-20(16)22-18-12-11-17(14-18)21(19)22/h16-22H,2-15H2,1H3. The number of fused-ring (bicyclic) bond motifs is 9. The minimum Gasteiger partial charge on any atom is -0.0654 e. The van der Waals surface area contributed by atoms with Crippen molar-refractivity contribution in [3.8, 4) is 0 Å². The van der Waals surface area contributed by atoms with Crippen LogP contribution in [-0.2, 0) is 0 Å². The summed E-state index contributed by atoms with van der Waals surface area (Å²) >= 11 is 0. The van der Waals surface area contributed by atoms with Crippen LogP contribution >= 0.6 is 0 Å². The first-order chi connectivity index (χ1) is 10.9. The van der Waals surface area contributed by atoms with Gasteiger partial charge in [-0.2, -0.15) is 0 Å². The van der Waals surface area contributed by atoms with Crippen molar-refractivity contribution in [1.29, 1.82) is 0 Å². The summed E-state index contributed by atoms with van der Waals surface area (Å²) in [6.07, 6.45) is 21.7. The summed E-state index contributed by atoms with van der Waals surface area (Å²) in [4.78, 5) is 0. The van der Waals surface area contributed by atoms with Crippen LogP contribution in [-0.4, -0.2) is 0 Å². The molecule has 0 N–H and O–H groups in total. The second-order valence-electron chi connectivity index (χ2n) is 9.41. The lowest BCUT2D eigenvalue weighted by molar-refractivity contribution is 0.0997. The van der Waals surface area contributed by atoms with Crippen LogP contribution in [0, 0.1) is 41.4 Å². The van der Waals surface area contributed by atoms with Crippen LogP contribution in [0.25, 0.3) is 0 Å². The zero-order valence-corrected chi connectivity index (χ0v) is 14.9. The summed E-state index contributed by atoms with van der Waals surface area (Å²) < 4.78 is 0. The number of hydrogen-bond acceptors (Lipinski definition) is 0. The van der Waals surface area contributed by atoms with Crippen molar-refractivity contribution < 1.29 is 0 Å². The lowest BCUT2D eigenvalue weighted by Crippen LogP contribution is -2.32. The Kier molecular flexibility index (Phi) is 4.84. The largest absolute Gasteiger partial charge is 0.0654 e. The Morgan fingerprint density at radius 3 is 2.09 bits per heavy atom. The van der Waals surface area contributed by atoms with Crippen molar-refractivity contribution in [1.82, 2.24) is 0 Å². The van der Waals surface area contributed by atoms with Gasteiger partial charge >= 0.3 is 0 Å². The second-order valence-corrected chi connectivity index (χ2v) is 9.41. The molecule has 4 aliphatic rings. The predicted octanol–water partition coefficient (Wildman–Crippen LogP) is 6.84. The van der Waals surface area contributed by atoms with Gasteiger partial charge in [-0.05, 0) is 73.5 Å². The quantitative estimate of drug-likeness (QED) is 0.323. The average molecular weight is 303 g/mol. The summed E-state index contributed by atoms with van der Waals surface area (Å²) in [5.41, 5.74) is 0. The minimum atomic E-state index is 1.16. The summed E-state index contributed by atoms with van der Waals surface area (Å²) in [7, 11) is 0. The highest BCUT2D eigenvalue weighted by Gasteiger charge is 2.61. The third-order valence-corrected chi connectivity index (χ3v) is 8.30. The smallest absolute Gasteiger partial charge is 0.0321 e. The Bertz CT molecular complexity index is 359. The summed E-state index contributed by atoms with van der Waals surface area (Å²) in [6, 6.07) is 0. The third-order valence-electron chi connectivity index (χ3n) is 8.30. The molecule has 0 aromatic rings. The molecule has 4 rings (SSSR count). The second kappa shape index (κ2) is 6.86. The molecule has 0 nitrogen and oxygen atoms in total. The molecule has 7 atom stereocenters. The SMILES string of the molecule is CCCCCCCCCCC1CC2CC1C1C3CCC(C3)C21. The van der Waals surface area contributed by atoms with Crippen molar-refractivity contribution in [2.75, 3.05) is 0 Å². The van der Waals surface area contributed by atoms with E-state index in [0.717, 1.165) is 5.92 Å². The fourth-order valence-corrected chi connectivity index (χ4v) is 7.57. The van der Waals surface area contributed by atoms with Gasteiger partial charge in [0, 0.05) is 0 Å². The summed E-state index contributed by atoms with van der Waals surface area (Å²) in [6.45, 7) is 2.32. The van der Waals surface area contributed by atoms with Crippen molar-refractivity contribution in [3.63, 3.8) is 0 Å². The highest BCUT2D eigenvalue weighted by atomic mass is 14.7. The van der Waals surface area contributed by atoms with Gasteiger partial charge in [0.15, 0.2) is 0 Å². The monoisotopic (exact) mass is 302 g/mol. The van der Waals surface area contributed by atoms with E-state index >= 15 is 0 Å². The van der Waals surface area contributed by atoms with Crippen molar-refractivity contribution >= 4 is 0 Å². The maximum atomic E-state index is 2.32. The van der Waals surface area contributed by atoms with E-state index in [1.807, 2.05) is 0 Å².